The maximum atomic E-state index is 12.6. The Kier molecular flexibility index (Phi) is 5.04. The van der Waals surface area contributed by atoms with Crippen molar-refractivity contribution in [3.05, 3.63) is 45.1 Å². The summed E-state index contributed by atoms with van der Waals surface area (Å²) in [5, 5.41) is 0.545. The van der Waals surface area contributed by atoms with Crippen LogP contribution in [-0.4, -0.2) is 18.2 Å². The highest BCUT2D eigenvalue weighted by atomic mass is 35.5. The fraction of sp³-hybridized carbons (Fsp3) is 0.375. The molecule has 4 nitrogen and oxygen atoms in total. The van der Waals surface area contributed by atoms with E-state index in [1.807, 2.05) is 13.0 Å². The first-order valence-corrected chi connectivity index (χ1v) is 9.50. The molecule has 0 aliphatic rings. The zero-order valence-corrected chi connectivity index (χ0v) is 15.9. The van der Waals surface area contributed by atoms with Gasteiger partial charge in [-0.1, -0.05) is 29.3 Å². The molecule has 0 radical (unpaired) electrons. The van der Waals surface area contributed by atoms with Gasteiger partial charge in [0.1, 0.15) is 10.7 Å². The van der Waals surface area contributed by atoms with Crippen LogP contribution < -0.4 is 5.73 Å². The molecule has 1 aromatic heterocycles. The van der Waals surface area contributed by atoms with Crippen LogP contribution in [-0.2, 0) is 16.4 Å². The molecule has 7 heteroatoms. The summed E-state index contributed by atoms with van der Waals surface area (Å²) < 4.78 is 26.9. The lowest BCUT2D eigenvalue weighted by molar-refractivity contribution is 0.587. The second-order valence-corrected chi connectivity index (χ2v) is 9.13. The van der Waals surface area contributed by atoms with Gasteiger partial charge >= 0.3 is 0 Å². The summed E-state index contributed by atoms with van der Waals surface area (Å²) in [5.74, 6) is 0.250. The van der Waals surface area contributed by atoms with Crippen molar-refractivity contribution >= 4 is 38.9 Å². The normalized spacial score (nSPS) is 12.1. The van der Waals surface area contributed by atoms with E-state index in [2.05, 4.69) is 0 Å². The fourth-order valence-corrected chi connectivity index (χ4v) is 4.40. The number of halogens is 2. The van der Waals surface area contributed by atoms with Crippen molar-refractivity contribution in [1.82, 2.24) is 4.57 Å². The van der Waals surface area contributed by atoms with E-state index >= 15 is 0 Å². The topological polar surface area (TPSA) is 65.1 Å². The lowest BCUT2D eigenvalue weighted by Crippen LogP contribution is -2.16. The van der Waals surface area contributed by atoms with E-state index in [1.54, 1.807) is 37.5 Å². The van der Waals surface area contributed by atoms with Gasteiger partial charge < -0.3 is 10.3 Å². The summed E-state index contributed by atoms with van der Waals surface area (Å²) in [6.45, 7) is 7.33. The number of anilines is 1. The Hall–Kier alpha value is -1.17. The molecule has 2 aromatic rings. The summed E-state index contributed by atoms with van der Waals surface area (Å²) in [6.07, 6.45) is 0. The highest BCUT2D eigenvalue weighted by molar-refractivity contribution is 7.92. The summed E-state index contributed by atoms with van der Waals surface area (Å²) in [7, 11) is -3.45. The van der Waals surface area contributed by atoms with Crippen molar-refractivity contribution in [2.75, 3.05) is 5.73 Å². The van der Waals surface area contributed by atoms with Crippen molar-refractivity contribution < 1.29 is 8.42 Å². The molecular weight excluding hydrogens is 355 g/mol. The SMILES string of the molecule is Cc1c(S(=O)(=O)C(C)C)c(N)n(Cc2ccc(Cl)cc2Cl)c1C. The first-order chi connectivity index (χ1) is 10.6. The maximum absolute atomic E-state index is 12.6. The molecule has 0 saturated carbocycles. The van der Waals surface area contributed by atoms with E-state index in [4.69, 9.17) is 28.9 Å². The molecule has 1 aromatic carbocycles. The van der Waals surface area contributed by atoms with Gasteiger partial charge in [0.05, 0.1) is 11.8 Å². The number of nitrogens with zero attached hydrogens (tertiary/aromatic N) is 1. The van der Waals surface area contributed by atoms with Gasteiger partial charge in [0.2, 0.25) is 0 Å². The number of hydrogen-bond acceptors (Lipinski definition) is 3. The Morgan fingerprint density at radius 2 is 1.83 bits per heavy atom. The summed E-state index contributed by atoms with van der Waals surface area (Å²) in [4.78, 5) is 0.218. The number of benzene rings is 1. The molecule has 0 bridgehead atoms. The fourth-order valence-electron chi connectivity index (χ4n) is 2.48. The number of nitrogen functional groups attached to an aromatic ring is 1. The third-order valence-corrected chi connectivity index (χ3v) is 6.97. The standard InChI is InChI=1S/C16H20Cl2N2O2S/c1-9(2)23(21,22)15-10(3)11(4)20(16(15)19)8-12-5-6-13(17)7-14(12)18/h5-7,9H,8,19H2,1-4H3. The molecule has 0 aliphatic heterocycles. The van der Waals surface area contributed by atoms with E-state index in [9.17, 15) is 8.42 Å². The lowest BCUT2D eigenvalue weighted by atomic mass is 10.2. The van der Waals surface area contributed by atoms with Crippen LogP contribution in [0.5, 0.6) is 0 Å². The van der Waals surface area contributed by atoms with E-state index in [0.29, 0.717) is 22.2 Å². The molecule has 0 saturated heterocycles. The average molecular weight is 375 g/mol. The van der Waals surface area contributed by atoms with Gasteiger partial charge in [-0.15, -0.1) is 0 Å². The second-order valence-electron chi connectivity index (χ2n) is 5.84. The third kappa shape index (κ3) is 3.23. The Balaban J connectivity index is 2.58. The van der Waals surface area contributed by atoms with Crippen LogP contribution in [0.2, 0.25) is 10.0 Å². The second kappa shape index (κ2) is 6.38. The zero-order valence-electron chi connectivity index (χ0n) is 13.5. The molecule has 126 valence electrons. The van der Waals surface area contributed by atoms with Gasteiger partial charge in [0.15, 0.2) is 9.84 Å². The van der Waals surface area contributed by atoms with E-state index < -0.39 is 15.1 Å². The van der Waals surface area contributed by atoms with Crippen molar-refractivity contribution in [3.63, 3.8) is 0 Å². The first kappa shape index (κ1) is 18.2. The van der Waals surface area contributed by atoms with Gasteiger partial charge in [0, 0.05) is 15.7 Å². The molecule has 1 heterocycles. The number of aromatic nitrogens is 1. The summed E-state index contributed by atoms with van der Waals surface area (Å²) in [5.41, 5.74) is 8.49. The van der Waals surface area contributed by atoms with Crippen molar-refractivity contribution in [3.8, 4) is 0 Å². The van der Waals surface area contributed by atoms with Crippen molar-refractivity contribution in [1.29, 1.82) is 0 Å². The Bertz CT molecular complexity index is 855. The van der Waals surface area contributed by atoms with Crippen molar-refractivity contribution in [2.45, 2.75) is 44.4 Å². The Labute approximate surface area is 147 Å². The minimum Gasteiger partial charge on any atom is -0.384 e. The van der Waals surface area contributed by atoms with Crippen molar-refractivity contribution in [2.24, 2.45) is 0 Å². The summed E-state index contributed by atoms with van der Waals surface area (Å²) >= 11 is 12.1. The average Bonchev–Trinajstić information content (AvgIpc) is 2.65. The van der Waals surface area contributed by atoms with E-state index in [1.165, 1.54) is 0 Å². The van der Waals surface area contributed by atoms with Gasteiger partial charge in [-0.25, -0.2) is 8.42 Å². The minimum atomic E-state index is -3.45. The number of rotatable bonds is 4. The Morgan fingerprint density at radius 1 is 1.22 bits per heavy atom. The summed E-state index contributed by atoms with van der Waals surface area (Å²) in [6, 6.07) is 5.22. The highest BCUT2D eigenvalue weighted by Gasteiger charge is 2.29. The molecule has 0 fully saturated rings. The molecular formula is C16H20Cl2N2O2S. The van der Waals surface area contributed by atoms with Crippen LogP contribution in [0.3, 0.4) is 0 Å². The van der Waals surface area contributed by atoms with Crippen LogP contribution in [0, 0.1) is 13.8 Å². The lowest BCUT2D eigenvalue weighted by Gasteiger charge is -2.12. The van der Waals surface area contributed by atoms with Gasteiger partial charge in [-0.05, 0) is 51.0 Å². The molecule has 0 unspecified atom stereocenters. The quantitative estimate of drug-likeness (QED) is 0.870. The zero-order chi connectivity index (χ0) is 17.5. The van der Waals surface area contributed by atoms with Gasteiger partial charge in [-0.3, -0.25) is 0 Å². The van der Waals surface area contributed by atoms with E-state index in [0.717, 1.165) is 11.3 Å². The number of hydrogen-bond donors (Lipinski definition) is 1. The van der Waals surface area contributed by atoms with Crippen LogP contribution in [0.4, 0.5) is 5.82 Å². The first-order valence-electron chi connectivity index (χ1n) is 7.20. The van der Waals surface area contributed by atoms with E-state index in [-0.39, 0.29) is 10.7 Å². The van der Waals surface area contributed by atoms with Gasteiger partial charge in [0.25, 0.3) is 0 Å². The number of nitrogens with two attached hydrogens (primary N) is 1. The molecule has 23 heavy (non-hydrogen) atoms. The molecule has 2 rings (SSSR count). The molecule has 0 amide bonds. The van der Waals surface area contributed by atoms with Crippen LogP contribution in [0.1, 0.15) is 30.7 Å². The molecule has 2 N–H and O–H groups in total. The molecule has 0 spiro atoms. The minimum absolute atomic E-state index is 0.218. The smallest absolute Gasteiger partial charge is 0.184 e. The Morgan fingerprint density at radius 3 is 2.35 bits per heavy atom. The largest absolute Gasteiger partial charge is 0.384 e. The maximum Gasteiger partial charge on any atom is 0.184 e. The molecule has 0 atom stereocenters. The predicted octanol–water partition coefficient (Wildman–Crippen LogP) is 4.22. The number of sulfone groups is 1. The van der Waals surface area contributed by atoms with Crippen LogP contribution in [0.25, 0.3) is 0 Å². The highest BCUT2D eigenvalue weighted by Crippen LogP contribution is 2.33. The van der Waals surface area contributed by atoms with Gasteiger partial charge in [-0.2, -0.15) is 0 Å². The third-order valence-electron chi connectivity index (χ3n) is 4.06. The molecule has 0 aliphatic carbocycles. The predicted molar refractivity (Wildman–Crippen MR) is 96.2 cm³/mol. The monoisotopic (exact) mass is 374 g/mol. The van der Waals surface area contributed by atoms with Crippen LogP contribution >= 0.6 is 23.2 Å². The van der Waals surface area contributed by atoms with Crippen LogP contribution in [0.15, 0.2) is 23.1 Å².